The lowest BCUT2D eigenvalue weighted by Gasteiger charge is -2.16. The van der Waals surface area contributed by atoms with Crippen LogP contribution in [0.5, 0.6) is 0 Å². The molecular formula is C13H13ClFNO3. The van der Waals surface area contributed by atoms with E-state index in [2.05, 4.69) is 0 Å². The first kappa shape index (κ1) is 13.8. The Bertz CT molecular complexity index is 521. The number of nitrogens with zero attached hydrogens (tertiary/aromatic N) is 1. The van der Waals surface area contributed by atoms with Gasteiger partial charge in [-0.15, -0.1) is 0 Å². The van der Waals surface area contributed by atoms with E-state index in [0.29, 0.717) is 25.1 Å². The summed E-state index contributed by atoms with van der Waals surface area (Å²) in [5, 5.41) is 8.63. The second-order valence-corrected chi connectivity index (χ2v) is 5.04. The Balaban J connectivity index is 2.04. The molecular weight excluding hydrogens is 273 g/mol. The number of benzene rings is 1. The van der Waals surface area contributed by atoms with Crippen molar-refractivity contribution >= 4 is 23.5 Å². The van der Waals surface area contributed by atoms with Crippen LogP contribution < -0.4 is 0 Å². The summed E-state index contributed by atoms with van der Waals surface area (Å²) in [7, 11) is 0. The number of amides is 1. The molecule has 1 amide bonds. The number of carbonyl (C=O) groups excluding carboxylic acids is 1. The molecule has 1 aromatic rings. The van der Waals surface area contributed by atoms with Crippen LogP contribution in [0.25, 0.3) is 0 Å². The molecule has 0 radical (unpaired) electrons. The van der Waals surface area contributed by atoms with Gasteiger partial charge in [0.05, 0.1) is 5.02 Å². The number of halogens is 2. The number of likely N-dealkylation sites (tertiary alicyclic amines) is 1. The standard InChI is InChI=1S/C13H13ClFNO3/c14-10-6-9(1-2-11(10)15)13(19)16-4-3-8(7-16)5-12(17)18/h1-2,6,8H,3-5,7H2,(H,17,18). The molecule has 6 heteroatoms. The van der Waals surface area contributed by atoms with Crippen molar-refractivity contribution in [2.75, 3.05) is 13.1 Å². The summed E-state index contributed by atoms with van der Waals surface area (Å²) in [6, 6.07) is 3.83. The van der Waals surface area contributed by atoms with Gasteiger partial charge in [-0.1, -0.05) is 11.6 Å². The quantitative estimate of drug-likeness (QED) is 0.928. The van der Waals surface area contributed by atoms with E-state index in [1.807, 2.05) is 0 Å². The molecule has 1 aromatic carbocycles. The van der Waals surface area contributed by atoms with Crippen LogP contribution in [0, 0.1) is 11.7 Å². The first-order chi connectivity index (χ1) is 8.97. The molecule has 4 nitrogen and oxygen atoms in total. The minimum atomic E-state index is -0.857. The summed E-state index contributed by atoms with van der Waals surface area (Å²) in [6.45, 7) is 0.936. The van der Waals surface area contributed by atoms with Gasteiger partial charge in [-0.25, -0.2) is 4.39 Å². The van der Waals surface area contributed by atoms with Gasteiger partial charge in [-0.2, -0.15) is 0 Å². The van der Waals surface area contributed by atoms with Gasteiger partial charge >= 0.3 is 5.97 Å². The summed E-state index contributed by atoms with van der Waals surface area (Å²) in [4.78, 5) is 24.3. The fraction of sp³-hybridized carbons (Fsp3) is 0.385. The Morgan fingerprint density at radius 2 is 2.21 bits per heavy atom. The van der Waals surface area contributed by atoms with Crippen LogP contribution >= 0.6 is 11.6 Å². The van der Waals surface area contributed by atoms with Crippen molar-refractivity contribution in [1.82, 2.24) is 4.90 Å². The van der Waals surface area contributed by atoms with Gasteiger partial charge in [0.15, 0.2) is 0 Å². The van der Waals surface area contributed by atoms with E-state index < -0.39 is 11.8 Å². The molecule has 1 heterocycles. The number of rotatable bonds is 3. The summed E-state index contributed by atoms with van der Waals surface area (Å²) in [5.74, 6) is -1.68. The molecule has 1 atom stereocenters. The highest BCUT2D eigenvalue weighted by Crippen LogP contribution is 2.23. The van der Waals surface area contributed by atoms with Crippen molar-refractivity contribution in [3.8, 4) is 0 Å². The van der Waals surface area contributed by atoms with Crippen molar-refractivity contribution in [1.29, 1.82) is 0 Å². The van der Waals surface area contributed by atoms with Gasteiger partial charge in [0.2, 0.25) is 0 Å². The van der Waals surface area contributed by atoms with E-state index in [4.69, 9.17) is 16.7 Å². The molecule has 0 aliphatic carbocycles. The molecule has 0 spiro atoms. The fourth-order valence-electron chi connectivity index (χ4n) is 2.24. The summed E-state index contributed by atoms with van der Waals surface area (Å²) < 4.78 is 13.0. The van der Waals surface area contributed by atoms with Crippen molar-refractivity contribution in [2.24, 2.45) is 5.92 Å². The lowest BCUT2D eigenvalue weighted by atomic mass is 10.1. The molecule has 102 valence electrons. The Morgan fingerprint density at radius 1 is 1.47 bits per heavy atom. The normalized spacial score (nSPS) is 18.6. The highest BCUT2D eigenvalue weighted by molar-refractivity contribution is 6.31. The lowest BCUT2D eigenvalue weighted by molar-refractivity contribution is -0.138. The summed E-state index contributed by atoms with van der Waals surface area (Å²) >= 11 is 5.64. The average Bonchev–Trinajstić information content (AvgIpc) is 2.79. The predicted molar refractivity (Wildman–Crippen MR) is 67.7 cm³/mol. The van der Waals surface area contributed by atoms with E-state index in [9.17, 15) is 14.0 Å². The summed E-state index contributed by atoms with van der Waals surface area (Å²) in [5.41, 5.74) is 0.322. The Hall–Kier alpha value is -1.62. The summed E-state index contributed by atoms with van der Waals surface area (Å²) in [6.07, 6.45) is 0.737. The number of hydrogen-bond acceptors (Lipinski definition) is 2. The minimum absolute atomic E-state index is 0.0163. The SMILES string of the molecule is O=C(O)CC1CCN(C(=O)c2ccc(F)c(Cl)c2)C1. The minimum Gasteiger partial charge on any atom is -0.481 e. The number of carbonyl (C=O) groups is 2. The van der Waals surface area contributed by atoms with Crippen molar-refractivity contribution in [3.63, 3.8) is 0 Å². The van der Waals surface area contributed by atoms with Crippen LogP contribution in [0.4, 0.5) is 4.39 Å². The van der Waals surface area contributed by atoms with E-state index in [-0.39, 0.29) is 23.3 Å². The topological polar surface area (TPSA) is 57.6 Å². The van der Waals surface area contributed by atoms with Gasteiger partial charge in [0.25, 0.3) is 5.91 Å². The zero-order valence-corrected chi connectivity index (χ0v) is 10.9. The average molecular weight is 286 g/mol. The van der Waals surface area contributed by atoms with Crippen LogP contribution in [0.3, 0.4) is 0 Å². The van der Waals surface area contributed by atoms with Gasteiger partial charge in [0.1, 0.15) is 5.82 Å². The largest absolute Gasteiger partial charge is 0.481 e. The Labute approximate surface area is 114 Å². The molecule has 0 bridgehead atoms. The highest BCUT2D eigenvalue weighted by atomic mass is 35.5. The van der Waals surface area contributed by atoms with Crippen molar-refractivity contribution in [2.45, 2.75) is 12.8 Å². The molecule has 1 N–H and O–H groups in total. The maximum absolute atomic E-state index is 13.0. The lowest BCUT2D eigenvalue weighted by Crippen LogP contribution is -2.29. The predicted octanol–water partition coefficient (Wildman–Crippen LogP) is 2.42. The van der Waals surface area contributed by atoms with Gasteiger partial charge in [0, 0.05) is 25.1 Å². The monoisotopic (exact) mass is 285 g/mol. The third-order valence-electron chi connectivity index (χ3n) is 3.20. The van der Waals surface area contributed by atoms with Gasteiger partial charge < -0.3 is 10.0 Å². The number of carboxylic acid groups (broad SMARTS) is 1. The number of hydrogen-bond donors (Lipinski definition) is 1. The molecule has 1 saturated heterocycles. The molecule has 0 aromatic heterocycles. The van der Waals surface area contributed by atoms with Crippen LogP contribution in [0.15, 0.2) is 18.2 Å². The molecule has 0 saturated carbocycles. The van der Waals surface area contributed by atoms with E-state index in [0.717, 1.165) is 6.07 Å². The van der Waals surface area contributed by atoms with Crippen LogP contribution in [0.1, 0.15) is 23.2 Å². The third-order valence-corrected chi connectivity index (χ3v) is 3.49. The maximum atomic E-state index is 13.0. The zero-order valence-electron chi connectivity index (χ0n) is 10.1. The number of aliphatic carboxylic acids is 1. The number of carboxylic acids is 1. The second kappa shape index (κ2) is 5.57. The molecule has 1 aliphatic heterocycles. The maximum Gasteiger partial charge on any atom is 0.303 e. The van der Waals surface area contributed by atoms with Crippen LogP contribution in [-0.2, 0) is 4.79 Å². The zero-order chi connectivity index (χ0) is 14.0. The second-order valence-electron chi connectivity index (χ2n) is 4.63. The van der Waals surface area contributed by atoms with Crippen molar-refractivity contribution < 1.29 is 19.1 Å². The first-order valence-electron chi connectivity index (χ1n) is 5.93. The molecule has 1 fully saturated rings. The molecule has 1 aliphatic rings. The van der Waals surface area contributed by atoms with E-state index >= 15 is 0 Å². The molecule has 19 heavy (non-hydrogen) atoms. The van der Waals surface area contributed by atoms with Crippen LogP contribution in [0.2, 0.25) is 5.02 Å². The van der Waals surface area contributed by atoms with E-state index in [1.165, 1.54) is 12.1 Å². The first-order valence-corrected chi connectivity index (χ1v) is 6.31. The fourth-order valence-corrected chi connectivity index (χ4v) is 2.42. The van der Waals surface area contributed by atoms with Crippen molar-refractivity contribution in [3.05, 3.63) is 34.6 Å². The van der Waals surface area contributed by atoms with Gasteiger partial charge in [-0.05, 0) is 30.5 Å². The van der Waals surface area contributed by atoms with E-state index in [1.54, 1.807) is 4.90 Å². The Kier molecular flexibility index (Phi) is 4.04. The third kappa shape index (κ3) is 3.23. The Morgan fingerprint density at radius 3 is 2.84 bits per heavy atom. The molecule has 1 unspecified atom stereocenters. The van der Waals surface area contributed by atoms with Gasteiger partial charge in [-0.3, -0.25) is 9.59 Å². The smallest absolute Gasteiger partial charge is 0.303 e. The highest BCUT2D eigenvalue weighted by Gasteiger charge is 2.28. The molecule has 2 rings (SSSR count). The van der Waals surface area contributed by atoms with Crippen LogP contribution in [-0.4, -0.2) is 35.0 Å².